The third-order valence-corrected chi connectivity index (χ3v) is 3.38. The van der Waals surface area contributed by atoms with Crippen LogP contribution in [-0.4, -0.2) is 29.1 Å². The highest BCUT2D eigenvalue weighted by Crippen LogP contribution is 2.34. The highest BCUT2D eigenvalue weighted by Gasteiger charge is 2.46. The Morgan fingerprint density at radius 3 is 2.20 bits per heavy atom. The Balaban J connectivity index is 2.10. The molecule has 2 unspecified atom stereocenters. The van der Waals surface area contributed by atoms with E-state index in [0.717, 1.165) is 0 Å². The van der Waals surface area contributed by atoms with Gasteiger partial charge in [-0.15, -0.1) is 11.6 Å². The first-order valence-electron chi connectivity index (χ1n) is 5.32. The van der Waals surface area contributed by atoms with Crippen LogP contribution in [0.1, 0.15) is 19.3 Å². The van der Waals surface area contributed by atoms with Crippen molar-refractivity contribution in [2.75, 3.05) is 12.4 Å². The molecule has 0 saturated carbocycles. The van der Waals surface area contributed by atoms with Crippen LogP contribution in [0.4, 0.5) is 0 Å². The van der Waals surface area contributed by atoms with E-state index in [1.165, 1.54) is 4.90 Å². The van der Waals surface area contributed by atoms with Gasteiger partial charge >= 0.3 is 0 Å². The summed E-state index contributed by atoms with van der Waals surface area (Å²) in [5.74, 6) is 0.291. The lowest BCUT2D eigenvalue weighted by Gasteiger charge is -2.14. The Labute approximate surface area is 94.1 Å². The summed E-state index contributed by atoms with van der Waals surface area (Å²) in [6, 6.07) is 0. The first-order valence-corrected chi connectivity index (χ1v) is 5.85. The number of allylic oxidation sites excluding steroid dienone is 2. The second-order valence-corrected chi connectivity index (χ2v) is 4.40. The Morgan fingerprint density at radius 1 is 1.20 bits per heavy atom. The van der Waals surface area contributed by atoms with Crippen LogP contribution in [0.3, 0.4) is 0 Å². The zero-order chi connectivity index (χ0) is 10.8. The van der Waals surface area contributed by atoms with E-state index in [-0.39, 0.29) is 23.7 Å². The molecular weight excluding hydrogens is 214 g/mol. The molecule has 0 aromatic rings. The maximum atomic E-state index is 11.9. The fourth-order valence-corrected chi connectivity index (χ4v) is 2.43. The number of nitrogens with zero attached hydrogens (tertiary/aromatic N) is 1. The van der Waals surface area contributed by atoms with Crippen LogP contribution in [-0.2, 0) is 9.59 Å². The summed E-state index contributed by atoms with van der Waals surface area (Å²) >= 11 is 5.57. The fraction of sp³-hybridized carbons (Fsp3) is 0.636. The highest BCUT2D eigenvalue weighted by molar-refractivity contribution is 6.17. The van der Waals surface area contributed by atoms with Gasteiger partial charge in [0.15, 0.2) is 0 Å². The SMILES string of the molecule is O=C1C2CC=CCC2C(=O)N1CCCCl. The summed E-state index contributed by atoms with van der Waals surface area (Å²) in [6.45, 7) is 0.480. The molecule has 0 spiro atoms. The number of hydrogen-bond acceptors (Lipinski definition) is 2. The Kier molecular flexibility index (Phi) is 3.10. The molecule has 2 rings (SSSR count). The van der Waals surface area contributed by atoms with Crippen molar-refractivity contribution in [3.63, 3.8) is 0 Å². The predicted octanol–water partition coefficient (Wildman–Crippen LogP) is 1.57. The molecule has 2 amide bonds. The third kappa shape index (κ3) is 1.81. The summed E-state index contributed by atoms with van der Waals surface area (Å²) in [5.41, 5.74) is 0. The number of rotatable bonds is 3. The number of imide groups is 1. The van der Waals surface area contributed by atoms with E-state index < -0.39 is 0 Å². The van der Waals surface area contributed by atoms with Crippen LogP contribution < -0.4 is 0 Å². The minimum atomic E-state index is -0.0992. The van der Waals surface area contributed by atoms with Gasteiger partial charge in [-0.2, -0.15) is 0 Å². The normalized spacial score (nSPS) is 29.8. The molecule has 0 aromatic carbocycles. The number of carbonyl (C=O) groups excluding carboxylic acids is 2. The van der Waals surface area contributed by atoms with Gasteiger partial charge in [0.2, 0.25) is 11.8 Å². The number of amides is 2. The molecule has 1 aliphatic carbocycles. The van der Waals surface area contributed by atoms with E-state index in [1.54, 1.807) is 0 Å². The smallest absolute Gasteiger partial charge is 0.233 e. The lowest BCUT2D eigenvalue weighted by Crippen LogP contribution is -2.32. The number of fused-ring (bicyclic) bond motifs is 1. The zero-order valence-corrected chi connectivity index (χ0v) is 9.24. The molecule has 0 radical (unpaired) electrons. The van der Waals surface area contributed by atoms with E-state index in [0.29, 0.717) is 31.7 Å². The maximum absolute atomic E-state index is 11.9. The third-order valence-electron chi connectivity index (χ3n) is 3.11. The van der Waals surface area contributed by atoms with E-state index in [2.05, 4.69) is 0 Å². The fourth-order valence-electron chi connectivity index (χ4n) is 2.31. The van der Waals surface area contributed by atoms with E-state index in [4.69, 9.17) is 11.6 Å². The number of halogens is 1. The standard InChI is InChI=1S/C11H14ClNO2/c12-6-3-7-13-10(14)8-4-1-2-5-9(8)11(13)15/h1-2,8-9H,3-7H2. The molecule has 15 heavy (non-hydrogen) atoms. The first kappa shape index (κ1) is 10.7. The molecule has 2 atom stereocenters. The van der Waals surface area contributed by atoms with Gasteiger partial charge in [-0.3, -0.25) is 14.5 Å². The van der Waals surface area contributed by atoms with Gasteiger partial charge < -0.3 is 0 Å². The van der Waals surface area contributed by atoms with Crippen molar-refractivity contribution >= 4 is 23.4 Å². The van der Waals surface area contributed by atoms with E-state index >= 15 is 0 Å². The van der Waals surface area contributed by atoms with Crippen molar-refractivity contribution in [1.82, 2.24) is 4.90 Å². The summed E-state index contributed by atoms with van der Waals surface area (Å²) in [6.07, 6.45) is 6.11. The van der Waals surface area contributed by atoms with Crippen molar-refractivity contribution in [3.8, 4) is 0 Å². The lowest BCUT2D eigenvalue weighted by molar-refractivity contribution is -0.139. The molecule has 0 bridgehead atoms. The van der Waals surface area contributed by atoms with Crippen LogP contribution in [0.5, 0.6) is 0 Å². The monoisotopic (exact) mass is 227 g/mol. The Bertz CT molecular complexity index is 288. The number of likely N-dealkylation sites (tertiary alicyclic amines) is 1. The van der Waals surface area contributed by atoms with Gasteiger partial charge in [-0.1, -0.05) is 12.2 Å². The van der Waals surface area contributed by atoms with E-state index in [1.807, 2.05) is 12.2 Å². The van der Waals surface area contributed by atoms with Gasteiger partial charge in [0.25, 0.3) is 0 Å². The molecule has 2 aliphatic rings. The van der Waals surface area contributed by atoms with Gasteiger partial charge in [0.05, 0.1) is 11.8 Å². The number of carbonyl (C=O) groups is 2. The minimum Gasteiger partial charge on any atom is -0.282 e. The molecule has 1 heterocycles. The average Bonchev–Trinajstić information content (AvgIpc) is 2.51. The molecule has 0 N–H and O–H groups in total. The van der Waals surface area contributed by atoms with Crippen molar-refractivity contribution in [2.45, 2.75) is 19.3 Å². The molecular formula is C11H14ClNO2. The van der Waals surface area contributed by atoms with Crippen molar-refractivity contribution in [3.05, 3.63) is 12.2 Å². The minimum absolute atomic E-state index is 0.000494. The maximum Gasteiger partial charge on any atom is 0.233 e. The van der Waals surface area contributed by atoms with Crippen molar-refractivity contribution < 1.29 is 9.59 Å². The Morgan fingerprint density at radius 2 is 1.73 bits per heavy atom. The molecule has 4 heteroatoms. The Hall–Kier alpha value is -0.830. The first-order chi connectivity index (χ1) is 7.25. The molecule has 82 valence electrons. The molecule has 1 fully saturated rings. The number of hydrogen-bond donors (Lipinski definition) is 0. The largest absolute Gasteiger partial charge is 0.282 e. The van der Waals surface area contributed by atoms with Crippen molar-refractivity contribution in [2.24, 2.45) is 11.8 Å². The van der Waals surface area contributed by atoms with E-state index in [9.17, 15) is 9.59 Å². The topological polar surface area (TPSA) is 37.4 Å². The van der Waals surface area contributed by atoms with Crippen LogP contribution in [0.25, 0.3) is 0 Å². The van der Waals surface area contributed by atoms with Crippen LogP contribution in [0, 0.1) is 11.8 Å². The average molecular weight is 228 g/mol. The molecule has 1 aliphatic heterocycles. The second-order valence-electron chi connectivity index (χ2n) is 4.03. The van der Waals surface area contributed by atoms with Gasteiger partial charge in [-0.05, 0) is 19.3 Å². The summed E-state index contributed by atoms with van der Waals surface area (Å²) in [4.78, 5) is 25.2. The van der Waals surface area contributed by atoms with Gasteiger partial charge in [0, 0.05) is 12.4 Å². The molecule has 3 nitrogen and oxygen atoms in total. The van der Waals surface area contributed by atoms with Crippen LogP contribution >= 0.6 is 11.6 Å². The van der Waals surface area contributed by atoms with Crippen molar-refractivity contribution in [1.29, 1.82) is 0 Å². The van der Waals surface area contributed by atoms with Gasteiger partial charge in [0.1, 0.15) is 0 Å². The predicted molar refractivity (Wildman–Crippen MR) is 57.4 cm³/mol. The summed E-state index contributed by atoms with van der Waals surface area (Å²) in [5, 5.41) is 0. The molecule has 0 aromatic heterocycles. The quantitative estimate of drug-likeness (QED) is 0.417. The summed E-state index contributed by atoms with van der Waals surface area (Å²) < 4.78 is 0. The van der Waals surface area contributed by atoms with Crippen LogP contribution in [0.2, 0.25) is 0 Å². The zero-order valence-electron chi connectivity index (χ0n) is 8.49. The highest BCUT2D eigenvalue weighted by atomic mass is 35.5. The second kappa shape index (κ2) is 4.35. The van der Waals surface area contributed by atoms with Gasteiger partial charge in [-0.25, -0.2) is 0 Å². The molecule has 1 saturated heterocycles. The lowest BCUT2D eigenvalue weighted by atomic mass is 9.85. The van der Waals surface area contributed by atoms with Crippen LogP contribution in [0.15, 0.2) is 12.2 Å². The summed E-state index contributed by atoms with van der Waals surface area (Å²) in [7, 11) is 0. The number of alkyl halides is 1.